The molecule has 1 aliphatic rings. The molecule has 0 aromatic rings. The van der Waals surface area contributed by atoms with Gasteiger partial charge in [0.1, 0.15) is 6.17 Å². The molecule has 1 unspecified atom stereocenters. The first-order chi connectivity index (χ1) is 6.42. The van der Waals surface area contributed by atoms with Crippen LogP contribution in [-0.4, -0.2) is 31.4 Å². The molecule has 6 heteroatoms. The number of sulfone groups is 1. The van der Waals surface area contributed by atoms with E-state index in [0.717, 1.165) is 6.08 Å². The van der Waals surface area contributed by atoms with Crippen molar-refractivity contribution < 1.29 is 22.7 Å². The summed E-state index contributed by atoms with van der Waals surface area (Å²) in [6, 6.07) is 0. The van der Waals surface area contributed by atoms with Gasteiger partial charge in [-0.2, -0.15) is 0 Å². The molecule has 0 aliphatic heterocycles. The zero-order chi connectivity index (χ0) is 10.8. The highest BCUT2D eigenvalue weighted by molar-refractivity contribution is 7.96. The highest BCUT2D eigenvalue weighted by Crippen LogP contribution is 2.18. The lowest BCUT2D eigenvalue weighted by molar-refractivity contribution is -0.134. The fourth-order valence-corrected chi connectivity index (χ4v) is 2.22. The fraction of sp³-hybridized carbons (Fsp3) is 0.375. The quantitative estimate of drug-likeness (QED) is 0.758. The molecule has 0 saturated carbocycles. The molecular weight excluding hydrogens is 211 g/mol. The van der Waals surface area contributed by atoms with Crippen molar-refractivity contribution in [3.8, 4) is 0 Å². The molecule has 78 valence electrons. The Bertz CT molecular complexity index is 394. The Balaban J connectivity index is 2.93. The van der Waals surface area contributed by atoms with Gasteiger partial charge in [-0.05, 0) is 12.2 Å². The van der Waals surface area contributed by atoms with Gasteiger partial charge in [0, 0.05) is 6.42 Å². The van der Waals surface area contributed by atoms with Crippen LogP contribution < -0.4 is 0 Å². The summed E-state index contributed by atoms with van der Waals surface area (Å²) in [7, 11) is -3.88. The molecule has 1 rings (SSSR count). The molecule has 0 radical (unpaired) electrons. The van der Waals surface area contributed by atoms with Gasteiger partial charge < -0.3 is 5.11 Å². The van der Waals surface area contributed by atoms with Crippen LogP contribution in [0, 0.1) is 0 Å². The van der Waals surface area contributed by atoms with Gasteiger partial charge in [0.15, 0.2) is 15.6 Å². The van der Waals surface area contributed by atoms with Gasteiger partial charge in [-0.15, -0.1) is 0 Å². The van der Waals surface area contributed by atoms with Crippen molar-refractivity contribution in [1.29, 1.82) is 0 Å². The normalized spacial score (nSPS) is 21.8. The lowest BCUT2D eigenvalue weighted by Crippen LogP contribution is -2.18. The first-order valence-electron chi connectivity index (χ1n) is 3.89. The molecule has 0 aromatic carbocycles. The first-order valence-corrected chi connectivity index (χ1v) is 5.54. The van der Waals surface area contributed by atoms with E-state index in [4.69, 9.17) is 5.11 Å². The maximum Gasteiger partial charge on any atom is 0.319 e. The summed E-state index contributed by atoms with van der Waals surface area (Å²) in [5.74, 6) is -2.45. The summed E-state index contributed by atoms with van der Waals surface area (Å²) in [6.45, 7) is 0. The monoisotopic (exact) mass is 220 g/mol. The van der Waals surface area contributed by atoms with Gasteiger partial charge in [-0.25, -0.2) is 12.8 Å². The minimum absolute atomic E-state index is 0.131. The Morgan fingerprint density at radius 1 is 1.64 bits per heavy atom. The van der Waals surface area contributed by atoms with Crippen molar-refractivity contribution in [1.82, 2.24) is 0 Å². The maximum atomic E-state index is 12.8. The average Bonchev–Trinajstić information content (AvgIpc) is 2.01. The lowest BCUT2D eigenvalue weighted by Gasteiger charge is -2.09. The number of hydrogen-bond acceptors (Lipinski definition) is 3. The number of aliphatic carboxylic acids is 1. The summed E-state index contributed by atoms with van der Waals surface area (Å²) in [5.41, 5.74) is 0. The van der Waals surface area contributed by atoms with Crippen LogP contribution in [0.2, 0.25) is 0 Å². The molecule has 4 nitrogen and oxygen atoms in total. The van der Waals surface area contributed by atoms with E-state index in [9.17, 15) is 17.6 Å². The van der Waals surface area contributed by atoms with Gasteiger partial charge in [0.05, 0.1) is 4.91 Å². The summed E-state index contributed by atoms with van der Waals surface area (Å²) < 4.78 is 35.3. The third-order valence-electron chi connectivity index (χ3n) is 1.66. The van der Waals surface area contributed by atoms with E-state index in [1.54, 1.807) is 0 Å². The van der Waals surface area contributed by atoms with Crippen molar-refractivity contribution in [3.05, 3.63) is 23.1 Å². The molecule has 0 amide bonds. The predicted molar refractivity (Wildman–Crippen MR) is 48.2 cm³/mol. The van der Waals surface area contributed by atoms with Crippen LogP contribution in [0.1, 0.15) is 6.42 Å². The Kier molecular flexibility index (Phi) is 3.05. The molecule has 0 saturated heterocycles. The molecule has 0 bridgehead atoms. The third kappa shape index (κ3) is 2.66. The van der Waals surface area contributed by atoms with Crippen LogP contribution in [0.5, 0.6) is 0 Å². The fourth-order valence-electron chi connectivity index (χ4n) is 1.07. The summed E-state index contributed by atoms with van der Waals surface area (Å²) in [6.07, 6.45) is 2.32. The molecule has 1 atom stereocenters. The summed E-state index contributed by atoms with van der Waals surface area (Å²) in [4.78, 5) is 9.96. The first kappa shape index (κ1) is 10.9. The second-order valence-electron chi connectivity index (χ2n) is 2.88. The Labute approximate surface area is 80.7 Å². The Hall–Kier alpha value is -1.17. The van der Waals surface area contributed by atoms with Crippen molar-refractivity contribution in [3.63, 3.8) is 0 Å². The highest BCUT2D eigenvalue weighted by atomic mass is 32.2. The van der Waals surface area contributed by atoms with Gasteiger partial charge >= 0.3 is 5.97 Å². The zero-order valence-corrected chi connectivity index (χ0v) is 8.00. The van der Waals surface area contributed by atoms with Gasteiger partial charge in [0.2, 0.25) is 0 Å². The van der Waals surface area contributed by atoms with Crippen LogP contribution in [0.4, 0.5) is 4.39 Å². The number of halogens is 1. The molecule has 0 heterocycles. The van der Waals surface area contributed by atoms with E-state index < -0.39 is 27.7 Å². The summed E-state index contributed by atoms with van der Waals surface area (Å²) >= 11 is 0. The van der Waals surface area contributed by atoms with Crippen molar-refractivity contribution in [2.45, 2.75) is 12.6 Å². The van der Waals surface area contributed by atoms with Crippen molar-refractivity contribution >= 4 is 15.8 Å². The smallest absolute Gasteiger partial charge is 0.319 e. The van der Waals surface area contributed by atoms with Crippen molar-refractivity contribution in [2.24, 2.45) is 0 Å². The zero-order valence-electron chi connectivity index (χ0n) is 7.18. The van der Waals surface area contributed by atoms with E-state index >= 15 is 0 Å². The van der Waals surface area contributed by atoms with E-state index in [2.05, 4.69) is 0 Å². The number of carboxylic acid groups (broad SMARTS) is 1. The number of rotatable bonds is 3. The Morgan fingerprint density at radius 2 is 2.29 bits per heavy atom. The largest absolute Gasteiger partial charge is 0.480 e. The number of carboxylic acids is 1. The van der Waals surface area contributed by atoms with Crippen LogP contribution in [-0.2, 0) is 14.6 Å². The van der Waals surface area contributed by atoms with Gasteiger partial charge in [-0.1, -0.05) is 6.08 Å². The average molecular weight is 220 g/mol. The van der Waals surface area contributed by atoms with E-state index in [0.29, 0.717) is 0 Å². The second kappa shape index (κ2) is 3.91. The number of hydrogen-bond donors (Lipinski definition) is 1. The van der Waals surface area contributed by atoms with E-state index in [1.165, 1.54) is 12.2 Å². The van der Waals surface area contributed by atoms with Crippen molar-refractivity contribution in [2.75, 3.05) is 5.75 Å². The molecule has 0 fully saturated rings. The lowest BCUT2D eigenvalue weighted by atomic mass is 10.2. The number of allylic oxidation sites excluding steroid dienone is 3. The SMILES string of the molecule is O=C(O)CS(=O)(=O)C1=CC(F)CC=C1. The minimum atomic E-state index is -3.88. The predicted octanol–water partition coefficient (Wildman–Crippen LogP) is 0.668. The molecule has 0 aromatic heterocycles. The summed E-state index contributed by atoms with van der Waals surface area (Å²) in [5, 5.41) is 8.32. The second-order valence-corrected chi connectivity index (χ2v) is 4.87. The standard InChI is InChI=1S/C8H9FO4S/c9-6-2-1-3-7(4-6)14(12,13)5-8(10)11/h1,3-4,6H,2,5H2,(H,10,11). The minimum Gasteiger partial charge on any atom is -0.480 e. The van der Waals surface area contributed by atoms with Gasteiger partial charge in [0.25, 0.3) is 0 Å². The van der Waals surface area contributed by atoms with Gasteiger partial charge in [-0.3, -0.25) is 4.79 Å². The molecule has 14 heavy (non-hydrogen) atoms. The van der Waals surface area contributed by atoms with Crippen LogP contribution in [0.15, 0.2) is 23.1 Å². The van der Waals surface area contributed by atoms with Crippen LogP contribution >= 0.6 is 0 Å². The molecule has 0 spiro atoms. The third-order valence-corrected chi connectivity index (χ3v) is 3.28. The molecule has 1 N–H and O–H groups in total. The topological polar surface area (TPSA) is 71.4 Å². The highest BCUT2D eigenvalue weighted by Gasteiger charge is 2.22. The van der Waals surface area contributed by atoms with E-state index in [1.807, 2.05) is 0 Å². The molecular formula is C8H9FO4S. The number of alkyl halides is 1. The number of carbonyl (C=O) groups is 1. The maximum absolute atomic E-state index is 12.8. The van der Waals surface area contributed by atoms with Crippen LogP contribution in [0.3, 0.4) is 0 Å². The Morgan fingerprint density at radius 3 is 2.79 bits per heavy atom. The molecule has 1 aliphatic carbocycles. The van der Waals surface area contributed by atoms with E-state index in [-0.39, 0.29) is 11.3 Å². The van der Waals surface area contributed by atoms with Crippen LogP contribution in [0.25, 0.3) is 0 Å².